The summed E-state index contributed by atoms with van der Waals surface area (Å²) >= 11 is 0. The zero-order chi connectivity index (χ0) is 21.3. The van der Waals surface area contributed by atoms with Gasteiger partial charge in [0.2, 0.25) is 5.91 Å². The minimum Gasteiger partial charge on any atom is -0.459 e. The first-order valence-corrected chi connectivity index (χ1v) is 10.4. The summed E-state index contributed by atoms with van der Waals surface area (Å²) in [6.07, 6.45) is 2.42. The maximum absolute atomic E-state index is 12.4. The lowest BCUT2D eigenvalue weighted by Crippen LogP contribution is -2.53. The molecule has 1 saturated heterocycles. The fourth-order valence-electron chi connectivity index (χ4n) is 3.32. The van der Waals surface area contributed by atoms with Crippen molar-refractivity contribution in [3.63, 3.8) is 0 Å². The summed E-state index contributed by atoms with van der Waals surface area (Å²) in [6.45, 7) is 7.21. The van der Waals surface area contributed by atoms with Gasteiger partial charge in [0.25, 0.3) is 5.91 Å². The molecule has 2 N–H and O–H groups in total. The zero-order valence-corrected chi connectivity index (χ0v) is 17.6. The molecular formula is C22H29N5O3. The molecule has 0 unspecified atom stereocenters. The van der Waals surface area contributed by atoms with E-state index in [1.807, 2.05) is 31.2 Å². The van der Waals surface area contributed by atoms with Gasteiger partial charge in [0.15, 0.2) is 11.7 Å². The van der Waals surface area contributed by atoms with Crippen LogP contribution in [-0.2, 0) is 11.2 Å². The molecule has 0 radical (unpaired) electrons. The Kier molecular flexibility index (Phi) is 7.48. The number of furan rings is 1. The lowest BCUT2D eigenvalue weighted by atomic mass is 10.1. The fourth-order valence-corrected chi connectivity index (χ4v) is 3.32. The van der Waals surface area contributed by atoms with Crippen molar-refractivity contribution in [1.29, 1.82) is 0 Å². The van der Waals surface area contributed by atoms with Crippen molar-refractivity contribution in [2.45, 2.75) is 20.3 Å². The Hall–Kier alpha value is -3.29. The number of carbonyl (C=O) groups excluding carboxylic acids is 2. The molecule has 1 aliphatic rings. The van der Waals surface area contributed by atoms with Crippen LogP contribution in [0.1, 0.15) is 30.0 Å². The second-order valence-corrected chi connectivity index (χ2v) is 7.03. The number of nitrogens with zero attached hydrogens (tertiary/aromatic N) is 3. The number of nitrogens with one attached hydrogen (secondary N) is 2. The smallest absolute Gasteiger partial charge is 0.289 e. The van der Waals surface area contributed by atoms with E-state index in [1.54, 1.807) is 17.0 Å². The highest BCUT2D eigenvalue weighted by atomic mass is 16.3. The van der Waals surface area contributed by atoms with Crippen LogP contribution in [0.5, 0.6) is 0 Å². The standard InChI is InChI=1S/C22H29N5O3/c1-3-17-7-5-8-18(15-17)25-20(28)16-24-22(23-4-2)27-12-10-26(11-13-27)21(29)19-9-6-14-30-19/h5-9,14-15H,3-4,10-13,16H2,1-2H3,(H,23,24)(H,25,28). The third-order valence-electron chi connectivity index (χ3n) is 4.92. The molecule has 2 heterocycles. The number of aliphatic imine (C=N–C) groups is 1. The summed E-state index contributed by atoms with van der Waals surface area (Å²) in [4.78, 5) is 33.1. The monoisotopic (exact) mass is 411 g/mol. The summed E-state index contributed by atoms with van der Waals surface area (Å²) in [5, 5.41) is 6.13. The molecule has 0 aliphatic carbocycles. The third kappa shape index (κ3) is 5.62. The zero-order valence-electron chi connectivity index (χ0n) is 17.6. The average Bonchev–Trinajstić information content (AvgIpc) is 3.31. The predicted molar refractivity (Wildman–Crippen MR) is 117 cm³/mol. The highest BCUT2D eigenvalue weighted by Gasteiger charge is 2.25. The molecular weight excluding hydrogens is 382 g/mol. The third-order valence-corrected chi connectivity index (χ3v) is 4.92. The lowest BCUT2D eigenvalue weighted by Gasteiger charge is -2.36. The Morgan fingerprint density at radius 3 is 2.50 bits per heavy atom. The fraction of sp³-hybridized carbons (Fsp3) is 0.409. The maximum Gasteiger partial charge on any atom is 0.289 e. The normalized spacial score (nSPS) is 14.5. The van der Waals surface area contributed by atoms with Crippen LogP contribution >= 0.6 is 0 Å². The van der Waals surface area contributed by atoms with Gasteiger partial charge in [-0.15, -0.1) is 0 Å². The van der Waals surface area contributed by atoms with Crippen molar-refractivity contribution < 1.29 is 14.0 Å². The minimum absolute atomic E-state index is 0.0320. The Bertz CT molecular complexity index is 871. The summed E-state index contributed by atoms with van der Waals surface area (Å²) in [5.41, 5.74) is 1.95. The van der Waals surface area contributed by atoms with E-state index in [2.05, 4.69) is 27.4 Å². The van der Waals surface area contributed by atoms with E-state index in [0.717, 1.165) is 12.1 Å². The van der Waals surface area contributed by atoms with Crippen LogP contribution in [0.15, 0.2) is 52.1 Å². The van der Waals surface area contributed by atoms with Gasteiger partial charge in [-0.3, -0.25) is 9.59 Å². The van der Waals surface area contributed by atoms with Crippen LogP contribution in [-0.4, -0.2) is 66.8 Å². The van der Waals surface area contributed by atoms with Crippen molar-refractivity contribution in [2.24, 2.45) is 4.99 Å². The highest BCUT2D eigenvalue weighted by Crippen LogP contribution is 2.12. The maximum atomic E-state index is 12.4. The molecule has 30 heavy (non-hydrogen) atoms. The van der Waals surface area contributed by atoms with Crippen LogP contribution in [0.4, 0.5) is 5.69 Å². The number of rotatable bonds is 6. The Morgan fingerprint density at radius 2 is 1.83 bits per heavy atom. The lowest BCUT2D eigenvalue weighted by molar-refractivity contribution is -0.114. The van der Waals surface area contributed by atoms with E-state index < -0.39 is 0 Å². The highest BCUT2D eigenvalue weighted by molar-refractivity contribution is 5.94. The minimum atomic E-state index is -0.162. The summed E-state index contributed by atoms with van der Waals surface area (Å²) in [6, 6.07) is 11.2. The van der Waals surface area contributed by atoms with Crippen LogP contribution < -0.4 is 10.6 Å². The van der Waals surface area contributed by atoms with Crippen LogP contribution in [0.25, 0.3) is 0 Å². The number of anilines is 1. The van der Waals surface area contributed by atoms with Crippen molar-refractivity contribution in [1.82, 2.24) is 15.1 Å². The summed E-state index contributed by atoms with van der Waals surface area (Å²) < 4.78 is 5.20. The first kappa shape index (κ1) is 21.4. The number of hydrogen-bond acceptors (Lipinski definition) is 4. The molecule has 0 bridgehead atoms. The quantitative estimate of drug-likeness (QED) is 0.562. The number of piperazine rings is 1. The van der Waals surface area contributed by atoms with E-state index in [-0.39, 0.29) is 18.4 Å². The number of benzene rings is 1. The molecule has 1 aliphatic heterocycles. The SMILES string of the molecule is CCNC(=NCC(=O)Nc1cccc(CC)c1)N1CCN(C(=O)c2ccco2)CC1. The first-order chi connectivity index (χ1) is 14.6. The van der Waals surface area contributed by atoms with Crippen molar-refractivity contribution in [3.05, 3.63) is 54.0 Å². The molecule has 1 aromatic carbocycles. The molecule has 8 heteroatoms. The van der Waals surface area contributed by atoms with Gasteiger partial charge in [-0.2, -0.15) is 0 Å². The van der Waals surface area contributed by atoms with E-state index in [9.17, 15) is 9.59 Å². The second kappa shape index (κ2) is 10.5. The summed E-state index contributed by atoms with van der Waals surface area (Å²) in [7, 11) is 0. The molecule has 1 fully saturated rings. The van der Waals surface area contributed by atoms with E-state index in [4.69, 9.17) is 4.42 Å². The second-order valence-electron chi connectivity index (χ2n) is 7.03. The van der Waals surface area contributed by atoms with Crippen molar-refractivity contribution in [2.75, 3.05) is 44.6 Å². The number of amides is 2. The number of carbonyl (C=O) groups is 2. The number of aryl methyl sites for hydroxylation is 1. The Balaban J connectivity index is 1.55. The topological polar surface area (TPSA) is 90.2 Å². The van der Waals surface area contributed by atoms with Gasteiger partial charge in [-0.1, -0.05) is 19.1 Å². The van der Waals surface area contributed by atoms with Gasteiger partial charge in [0.1, 0.15) is 6.54 Å². The van der Waals surface area contributed by atoms with E-state index in [0.29, 0.717) is 44.4 Å². The predicted octanol–water partition coefficient (Wildman–Crippen LogP) is 2.20. The largest absolute Gasteiger partial charge is 0.459 e. The molecule has 0 atom stereocenters. The Labute approximate surface area is 176 Å². The molecule has 0 saturated carbocycles. The molecule has 2 amide bonds. The molecule has 0 spiro atoms. The van der Waals surface area contributed by atoms with Crippen LogP contribution in [0.2, 0.25) is 0 Å². The van der Waals surface area contributed by atoms with Crippen molar-refractivity contribution in [3.8, 4) is 0 Å². The summed E-state index contributed by atoms with van der Waals surface area (Å²) in [5.74, 6) is 0.772. The van der Waals surface area contributed by atoms with Gasteiger partial charge in [0, 0.05) is 38.4 Å². The first-order valence-electron chi connectivity index (χ1n) is 10.4. The van der Waals surface area contributed by atoms with Crippen LogP contribution in [0, 0.1) is 0 Å². The van der Waals surface area contributed by atoms with Gasteiger partial charge in [-0.25, -0.2) is 4.99 Å². The van der Waals surface area contributed by atoms with Crippen molar-refractivity contribution >= 4 is 23.5 Å². The van der Waals surface area contributed by atoms with Gasteiger partial charge in [-0.05, 0) is 43.2 Å². The average molecular weight is 412 g/mol. The van der Waals surface area contributed by atoms with Crippen LogP contribution in [0.3, 0.4) is 0 Å². The van der Waals surface area contributed by atoms with E-state index >= 15 is 0 Å². The number of guanidine groups is 1. The molecule has 160 valence electrons. The molecule has 1 aromatic heterocycles. The molecule has 2 aromatic rings. The number of hydrogen-bond donors (Lipinski definition) is 2. The van der Waals surface area contributed by atoms with Gasteiger partial charge < -0.3 is 24.9 Å². The Morgan fingerprint density at radius 1 is 1.07 bits per heavy atom. The molecule has 8 nitrogen and oxygen atoms in total. The van der Waals surface area contributed by atoms with Gasteiger partial charge >= 0.3 is 0 Å². The molecule has 3 rings (SSSR count). The van der Waals surface area contributed by atoms with E-state index in [1.165, 1.54) is 11.8 Å². The van der Waals surface area contributed by atoms with Gasteiger partial charge in [0.05, 0.1) is 6.26 Å².